The Hall–Kier alpha value is -3.09. The molecule has 0 N–H and O–H groups in total. The van der Waals surface area contributed by atoms with E-state index >= 15 is 0 Å². The van der Waals surface area contributed by atoms with Crippen LogP contribution in [-0.2, 0) is 0 Å². The number of fused-ring (bicyclic) bond motifs is 3. The summed E-state index contributed by atoms with van der Waals surface area (Å²) in [4.78, 5) is 17.4. The lowest BCUT2D eigenvalue weighted by atomic mass is 9.95. The minimum atomic E-state index is -0.131. The molecule has 4 aromatic rings. The van der Waals surface area contributed by atoms with Crippen molar-refractivity contribution in [1.82, 2.24) is 29.4 Å². The molecule has 1 aliphatic rings. The zero-order valence-electron chi connectivity index (χ0n) is 14.2. The molecule has 3 heterocycles. The van der Waals surface area contributed by atoms with Crippen molar-refractivity contribution in [3.8, 4) is 11.1 Å². The minimum absolute atomic E-state index is 0.131. The topological polar surface area (TPSA) is 78.0 Å². The lowest BCUT2D eigenvalue weighted by Crippen LogP contribution is -2.28. The Balaban J connectivity index is 1.69. The highest BCUT2D eigenvalue weighted by Crippen LogP contribution is 2.27. The molecular formula is C19H18N6O. The van der Waals surface area contributed by atoms with E-state index in [2.05, 4.69) is 20.3 Å². The number of benzene rings is 1. The quantitative estimate of drug-likeness (QED) is 0.557. The molecule has 1 aromatic carbocycles. The van der Waals surface area contributed by atoms with Crippen LogP contribution in [0.25, 0.3) is 27.9 Å². The Morgan fingerprint density at radius 2 is 1.77 bits per heavy atom. The van der Waals surface area contributed by atoms with Gasteiger partial charge >= 0.3 is 0 Å². The highest BCUT2D eigenvalue weighted by molar-refractivity contribution is 5.80. The van der Waals surface area contributed by atoms with Crippen LogP contribution in [0.4, 0.5) is 0 Å². The zero-order chi connectivity index (χ0) is 17.5. The molecule has 3 aromatic heterocycles. The van der Waals surface area contributed by atoms with E-state index in [-0.39, 0.29) is 17.1 Å². The van der Waals surface area contributed by atoms with E-state index in [1.165, 1.54) is 6.42 Å². The first-order chi connectivity index (χ1) is 12.8. The molecule has 0 saturated heterocycles. The van der Waals surface area contributed by atoms with E-state index in [4.69, 9.17) is 0 Å². The molecule has 26 heavy (non-hydrogen) atoms. The maximum absolute atomic E-state index is 12.9. The van der Waals surface area contributed by atoms with Gasteiger partial charge in [0.2, 0.25) is 0 Å². The zero-order valence-corrected chi connectivity index (χ0v) is 14.2. The van der Waals surface area contributed by atoms with E-state index in [0.717, 1.165) is 36.8 Å². The number of rotatable bonds is 2. The molecule has 130 valence electrons. The number of aromatic nitrogens is 6. The summed E-state index contributed by atoms with van der Waals surface area (Å²) in [6.07, 6.45) is 8.96. The summed E-state index contributed by atoms with van der Waals surface area (Å²) in [6, 6.07) is 10.1. The largest absolute Gasteiger partial charge is 0.294 e. The van der Waals surface area contributed by atoms with Gasteiger partial charge in [-0.2, -0.15) is 9.61 Å². The van der Waals surface area contributed by atoms with E-state index in [9.17, 15) is 4.79 Å². The highest BCUT2D eigenvalue weighted by Gasteiger charge is 2.20. The third-order valence-electron chi connectivity index (χ3n) is 5.20. The Morgan fingerprint density at radius 1 is 0.962 bits per heavy atom. The molecule has 0 atom stereocenters. The standard InChI is InChI=1S/C19H18N6O/c26-19-16-18(20-12-24(19)14-9-5-2-6-10-14)25-17(23-22-16)15(11-21-25)13-7-3-1-4-8-13/h1,3-4,7-8,11-12,14H,2,5-6,9-10H2. The van der Waals surface area contributed by atoms with Crippen LogP contribution in [0.15, 0.2) is 47.7 Å². The number of hydrogen-bond donors (Lipinski definition) is 0. The average Bonchev–Trinajstić information content (AvgIpc) is 3.14. The van der Waals surface area contributed by atoms with E-state index in [0.29, 0.717) is 11.3 Å². The van der Waals surface area contributed by atoms with Crippen molar-refractivity contribution in [2.75, 3.05) is 0 Å². The van der Waals surface area contributed by atoms with Crippen LogP contribution in [0.5, 0.6) is 0 Å². The fourth-order valence-electron chi connectivity index (χ4n) is 3.82. The second kappa shape index (κ2) is 6.01. The first-order valence-electron chi connectivity index (χ1n) is 8.99. The SMILES string of the molecule is O=c1c2nnc3c(-c4ccccc4)cnn3c2ncn1C1CCCCC1. The normalized spacial score (nSPS) is 15.7. The molecular weight excluding hydrogens is 328 g/mol. The lowest BCUT2D eigenvalue weighted by Gasteiger charge is -2.23. The molecule has 0 amide bonds. The predicted octanol–water partition coefficient (Wildman–Crippen LogP) is 3.01. The van der Waals surface area contributed by atoms with Gasteiger partial charge in [0.25, 0.3) is 5.56 Å². The molecule has 0 radical (unpaired) electrons. The number of nitrogens with zero attached hydrogens (tertiary/aromatic N) is 6. The first-order valence-corrected chi connectivity index (χ1v) is 8.99. The van der Waals surface area contributed by atoms with Crippen molar-refractivity contribution in [2.24, 2.45) is 0 Å². The van der Waals surface area contributed by atoms with E-state index < -0.39 is 0 Å². The third-order valence-corrected chi connectivity index (χ3v) is 5.20. The molecule has 7 nitrogen and oxygen atoms in total. The van der Waals surface area contributed by atoms with Crippen LogP contribution in [0.1, 0.15) is 38.1 Å². The van der Waals surface area contributed by atoms with Crippen molar-refractivity contribution in [3.63, 3.8) is 0 Å². The van der Waals surface area contributed by atoms with Gasteiger partial charge in [-0.15, -0.1) is 10.2 Å². The minimum Gasteiger partial charge on any atom is -0.294 e. The molecule has 0 bridgehead atoms. The van der Waals surface area contributed by atoms with Crippen LogP contribution < -0.4 is 5.56 Å². The maximum Gasteiger partial charge on any atom is 0.283 e. The highest BCUT2D eigenvalue weighted by atomic mass is 16.1. The summed E-state index contributed by atoms with van der Waals surface area (Å²) in [5.74, 6) is 0. The van der Waals surface area contributed by atoms with Crippen LogP contribution in [0.2, 0.25) is 0 Å². The predicted molar refractivity (Wildman–Crippen MR) is 97.9 cm³/mol. The van der Waals surface area contributed by atoms with Crippen LogP contribution >= 0.6 is 0 Å². The maximum atomic E-state index is 12.9. The van der Waals surface area contributed by atoms with Gasteiger partial charge in [0, 0.05) is 11.6 Å². The van der Waals surface area contributed by atoms with Gasteiger partial charge in [-0.3, -0.25) is 9.36 Å². The second-order valence-electron chi connectivity index (χ2n) is 6.78. The lowest BCUT2D eigenvalue weighted by molar-refractivity contribution is 0.344. The first kappa shape index (κ1) is 15.2. The molecule has 0 aliphatic heterocycles. The fourth-order valence-corrected chi connectivity index (χ4v) is 3.82. The molecule has 7 heteroatoms. The number of hydrogen-bond acceptors (Lipinski definition) is 5. The Bertz CT molecular complexity index is 1140. The van der Waals surface area contributed by atoms with Crippen molar-refractivity contribution >= 4 is 16.8 Å². The second-order valence-corrected chi connectivity index (χ2v) is 6.78. The summed E-state index contributed by atoms with van der Waals surface area (Å²) in [5.41, 5.74) is 3.08. The van der Waals surface area contributed by atoms with E-state index in [1.807, 2.05) is 30.3 Å². The monoisotopic (exact) mass is 346 g/mol. The molecule has 0 unspecified atom stereocenters. The molecule has 1 fully saturated rings. The Kier molecular flexibility index (Phi) is 3.51. The summed E-state index contributed by atoms with van der Waals surface area (Å²) in [5, 5.41) is 12.9. The van der Waals surface area contributed by atoms with Gasteiger partial charge in [-0.05, 0) is 18.4 Å². The van der Waals surface area contributed by atoms with Crippen LogP contribution in [0, 0.1) is 0 Å². The van der Waals surface area contributed by atoms with Gasteiger partial charge in [0.15, 0.2) is 16.8 Å². The van der Waals surface area contributed by atoms with Crippen molar-refractivity contribution in [1.29, 1.82) is 0 Å². The van der Waals surface area contributed by atoms with Gasteiger partial charge in [-0.1, -0.05) is 49.6 Å². The van der Waals surface area contributed by atoms with Crippen LogP contribution in [0.3, 0.4) is 0 Å². The molecule has 1 aliphatic carbocycles. The Labute approximate surface area is 149 Å². The van der Waals surface area contributed by atoms with Crippen molar-refractivity contribution in [3.05, 3.63) is 53.2 Å². The summed E-state index contributed by atoms with van der Waals surface area (Å²) >= 11 is 0. The summed E-state index contributed by atoms with van der Waals surface area (Å²) in [7, 11) is 0. The average molecular weight is 346 g/mol. The smallest absolute Gasteiger partial charge is 0.283 e. The third kappa shape index (κ3) is 2.31. The van der Waals surface area contributed by atoms with E-state index in [1.54, 1.807) is 21.6 Å². The van der Waals surface area contributed by atoms with Gasteiger partial charge in [-0.25, -0.2) is 4.98 Å². The molecule has 5 rings (SSSR count). The Morgan fingerprint density at radius 3 is 2.58 bits per heavy atom. The molecule has 0 spiro atoms. The summed E-state index contributed by atoms with van der Waals surface area (Å²) in [6.45, 7) is 0. The van der Waals surface area contributed by atoms with Gasteiger partial charge in [0.1, 0.15) is 6.33 Å². The van der Waals surface area contributed by atoms with Crippen LogP contribution in [-0.4, -0.2) is 29.4 Å². The fraction of sp³-hybridized carbons (Fsp3) is 0.316. The molecule has 1 saturated carbocycles. The van der Waals surface area contributed by atoms with Gasteiger partial charge < -0.3 is 0 Å². The van der Waals surface area contributed by atoms with Crippen molar-refractivity contribution in [2.45, 2.75) is 38.1 Å². The summed E-state index contributed by atoms with van der Waals surface area (Å²) < 4.78 is 3.33. The van der Waals surface area contributed by atoms with Crippen molar-refractivity contribution < 1.29 is 0 Å². The van der Waals surface area contributed by atoms with Gasteiger partial charge in [0.05, 0.1) is 6.20 Å².